The van der Waals surface area contributed by atoms with E-state index in [9.17, 15) is 8.42 Å². The third kappa shape index (κ3) is 3.20. The lowest BCUT2D eigenvalue weighted by atomic mass is 10.1. The van der Waals surface area contributed by atoms with Gasteiger partial charge in [0, 0.05) is 25.8 Å². The van der Waals surface area contributed by atoms with E-state index < -0.39 is 21.1 Å². The van der Waals surface area contributed by atoms with Crippen LogP contribution in [0.3, 0.4) is 0 Å². The van der Waals surface area contributed by atoms with E-state index in [-0.39, 0.29) is 0 Å². The van der Waals surface area contributed by atoms with Crippen LogP contribution in [0.1, 0.15) is 18.3 Å². The smallest absolute Gasteiger partial charge is 0.151 e. The van der Waals surface area contributed by atoms with Crippen molar-refractivity contribution in [1.29, 1.82) is 0 Å². The number of sulfone groups is 1. The minimum absolute atomic E-state index is 0.393. The Morgan fingerprint density at radius 2 is 2.06 bits per heavy atom. The molecular weight excluding hydrogens is 262 g/mol. The Morgan fingerprint density at radius 3 is 2.41 bits per heavy atom. The van der Waals surface area contributed by atoms with Crippen molar-refractivity contribution in [2.45, 2.75) is 31.6 Å². The number of hydrogen-bond acceptors (Lipinski definition) is 4. The number of aromatic nitrogens is 2. The van der Waals surface area contributed by atoms with Crippen LogP contribution in [-0.4, -0.2) is 35.7 Å². The summed E-state index contributed by atoms with van der Waals surface area (Å²) in [6.07, 6.45) is 1.58. The van der Waals surface area contributed by atoms with Crippen LogP contribution in [-0.2, 0) is 23.3 Å². The fourth-order valence-electron chi connectivity index (χ4n) is 1.61. The normalized spacial score (nSPS) is 15.9. The number of hydrogen-bond donors (Lipinski definition) is 1. The summed E-state index contributed by atoms with van der Waals surface area (Å²) < 4.78 is 24.5. The van der Waals surface area contributed by atoms with Gasteiger partial charge in [0.15, 0.2) is 9.84 Å². The highest BCUT2D eigenvalue weighted by Crippen LogP contribution is 2.21. The summed E-state index contributed by atoms with van der Waals surface area (Å²) in [7, 11) is -1.37. The molecule has 0 aromatic carbocycles. The van der Waals surface area contributed by atoms with E-state index in [4.69, 9.17) is 17.3 Å². The summed E-state index contributed by atoms with van der Waals surface area (Å²) in [5.74, 6) is 0. The second-order valence-corrected chi connectivity index (χ2v) is 7.15. The van der Waals surface area contributed by atoms with Gasteiger partial charge in [0.1, 0.15) is 0 Å². The molecule has 17 heavy (non-hydrogen) atoms. The molecule has 0 aliphatic carbocycles. The van der Waals surface area contributed by atoms with Crippen LogP contribution in [0.5, 0.6) is 0 Å². The number of aryl methyl sites for hydroxylation is 2. The predicted molar refractivity (Wildman–Crippen MR) is 68.9 cm³/mol. The van der Waals surface area contributed by atoms with Crippen LogP contribution >= 0.6 is 11.6 Å². The Hall–Kier alpha value is -0.590. The first-order valence-corrected chi connectivity index (χ1v) is 7.60. The lowest BCUT2D eigenvalue weighted by Crippen LogP contribution is -2.40. The highest BCUT2D eigenvalue weighted by Gasteiger charge is 2.25. The van der Waals surface area contributed by atoms with Crippen molar-refractivity contribution < 1.29 is 8.42 Å². The molecule has 0 bridgehead atoms. The summed E-state index contributed by atoms with van der Waals surface area (Å²) in [4.78, 5) is 0. The van der Waals surface area contributed by atoms with Crippen molar-refractivity contribution >= 4 is 21.4 Å². The van der Waals surface area contributed by atoms with E-state index in [2.05, 4.69) is 5.10 Å². The van der Waals surface area contributed by atoms with E-state index in [0.29, 0.717) is 11.4 Å². The molecule has 0 spiro atoms. The Morgan fingerprint density at radius 1 is 1.53 bits per heavy atom. The quantitative estimate of drug-likeness (QED) is 0.879. The lowest BCUT2D eigenvalue weighted by molar-refractivity contribution is 0.552. The Labute approximate surface area is 107 Å². The maximum atomic E-state index is 11.4. The summed E-state index contributed by atoms with van der Waals surface area (Å²) in [6, 6.07) is -0.489. The van der Waals surface area contributed by atoms with E-state index in [1.165, 1.54) is 6.26 Å². The zero-order valence-electron chi connectivity index (χ0n) is 10.4. The highest BCUT2D eigenvalue weighted by molar-refractivity contribution is 7.91. The minimum atomic E-state index is -3.14. The predicted octanol–water partition coefficient (Wildman–Crippen LogP) is 0.685. The van der Waals surface area contributed by atoms with Gasteiger partial charge in [0.25, 0.3) is 0 Å². The van der Waals surface area contributed by atoms with Crippen LogP contribution in [0.4, 0.5) is 0 Å². The molecule has 1 aromatic rings. The molecule has 0 amide bonds. The summed E-state index contributed by atoms with van der Waals surface area (Å²) >= 11 is 6.09. The largest absolute Gasteiger partial charge is 0.326 e. The molecule has 0 fully saturated rings. The lowest BCUT2D eigenvalue weighted by Gasteiger charge is -2.18. The molecule has 98 valence electrons. The molecule has 2 unspecified atom stereocenters. The van der Waals surface area contributed by atoms with Gasteiger partial charge in [0.05, 0.1) is 21.7 Å². The SMILES string of the molecule is Cc1nn(C)c(CC(N)C(C)S(C)(=O)=O)c1Cl. The van der Waals surface area contributed by atoms with Crippen LogP contribution in [0.2, 0.25) is 5.02 Å². The van der Waals surface area contributed by atoms with Crippen molar-refractivity contribution in [3.8, 4) is 0 Å². The van der Waals surface area contributed by atoms with Crippen LogP contribution < -0.4 is 5.73 Å². The number of nitrogens with zero attached hydrogens (tertiary/aromatic N) is 2. The van der Waals surface area contributed by atoms with Crippen molar-refractivity contribution in [3.05, 3.63) is 16.4 Å². The fraction of sp³-hybridized carbons (Fsp3) is 0.700. The molecule has 2 atom stereocenters. The van der Waals surface area contributed by atoms with Gasteiger partial charge in [0.2, 0.25) is 0 Å². The number of nitrogens with two attached hydrogens (primary N) is 1. The molecule has 1 aromatic heterocycles. The van der Waals surface area contributed by atoms with Crippen LogP contribution in [0.15, 0.2) is 0 Å². The van der Waals surface area contributed by atoms with Gasteiger partial charge in [-0.25, -0.2) is 8.42 Å². The molecule has 5 nitrogen and oxygen atoms in total. The molecular formula is C10H18ClN3O2S. The average molecular weight is 280 g/mol. The van der Waals surface area contributed by atoms with E-state index in [1.54, 1.807) is 25.6 Å². The molecule has 0 aliphatic heterocycles. The molecule has 7 heteroatoms. The van der Waals surface area contributed by atoms with E-state index in [0.717, 1.165) is 11.4 Å². The summed E-state index contributed by atoms with van der Waals surface area (Å²) in [5, 5.41) is 4.12. The van der Waals surface area contributed by atoms with Crippen molar-refractivity contribution in [1.82, 2.24) is 9.78 Å². The molecule has 0 radical (unpaired) electrons. The monoisotopic (exact) mass is 279 g/mol. The zero-order valence-corrected chi connectivity index (χ0v) is 12.0. The van der Waals surface area contributed by atoms with Gasteiger partial charge in [-0.1, -0.05) is 11.6 Å². The van der Waals surface area contributed by atoms with Crippen molar-refractivity contribution in [2.75, 3.05) is 6.26 Å². The first-order valence-electron chi connectivity index (χ1n) is 5.27. The third-order valence-corrected chi connectivity index (χ3v) is 5.16. The molecule has 2 N–H and O–H groups in total. The van der Waals surface area contributed by atoms with Gasteiger partial charge in [-0.2, -0.15) is 5.10 Å². The zero-order chi connectivity index (χ0) is 13.4. The second kappa shape index (κ2) is 4.96. The molecule has 0 aliphatic rings. The maximum Gasteiger partial charge on any atom is 0.151 e. The van der Waals surface area contributed by atoms with Gasteiger partial charge in [-0.05, 0) is 13.8 Å². The number of rotatable bonds is 4. The topological polar surface area (TPSA) is 78.0 Å². The Balaban J connectivity index is 2.92. The first kappa shape index (κ1) is 14.5. The number of halogens is 1. The van der Waals surface area contributed by atoms with Gasteiger partial charge in [-0.15, -0.1) is 0 Å². The van der Waals surface area contributed by atoms with Crippen LogP contribution in [0, 0.1) is 6.92 Å². The minimum Gasteiger partial charge on any atom is -0.326 e. The van der Waals surface area contributed by atoms with Crippen molar-refractivity contribution in [2.24, 2.45) is 12.8 Å². The standard InChI is InChI=1S/C10H18ClN3O2S/c1-6-10(11)9(14(3)13-6)5-8(12)7(2)17(4,15)16/h7-8H,5,12H2,1-4H3. The third-order valence-electron chi connectivity index (χ3n) is 2.97. The maximum absolute atomic E-state index is 11.4. The second-order valence-electron chi connectivity index (χ2n) is 4.37. The van der Waals surface area contributed by atoms with Crippen LogP contribution in [0.25, 0.3) is 0 Å². The Bertz CT molecular complexity index is 510. The van der Waals surface area contributed by atoms with Crippen molar-refractivity contribution in [3.63, 3.8) is 0 Å². The summed E-state index contributed by atoms with van der Waals surface area (Å²) in [5.41, 5.74) is 7.40. The Kier molecular flexibility index (Phi) is 4.22. The molecule has 0 saturated heterocycles. The summed E-state index contributed by atoms with van der Waals surface area (Å²) in [6.45, 7) is 3.41. The molecule has 1 rings (SSSR count). The highest BCUT2D eigenvalue weighted by atomic mass is 35.5. The van der Waals surface area contributed by atoms with E-state index >= 15 is 0 Å². The van der Waals surface area contributed by atoms with Gasteiger partial charge in [-0.3, -0.25) is 4.68 Å². The van der Waals surface area contributed by atoms with Gasteiger partial charge < -0.3 is 5.73 Å². The average Bonchev–Trinajstić information content (AvgIpc) is 2.42. The first-order chi connectivity index (χ1) is 7.64. The van der Waals surface area contributed by atoms with E-state index in [1.807, 2.05) is 0 Å². The molecule has 1 heterocycles. The fourth-order valence-corrected chi connectivity index (χ4v) is 2.58. The molecule has 0 saturated carbocycles. The van der Waals surface area contributed by atoms with Gasteiger partial charge >= 0.3 is 0 Å².